The van der Waals surface area contributed by atoms with Crippen LogP contribution in [0, 0.1) is 0 Å². The van der Waals surface area contributed by atoms with E-state index in [-0.39, 0.29) is 0 Å². The Morgan fingerprint density at radius 3 is 2.85 bits per heavy atom. The van der Waals surface area contributed by atoms with Gasteiger partial charge in [-0.2, -0.15) is 0 Å². The Hall–Kier alpha value is -2.25. The lowest BCUT2D eigenvalue weighted by atomic mass is 10.1. The molecule has 26 heavy (non-hydrogen) atoms. The number of rotatable bonds is 8. The highest BCUT2D eigenvalue weighted by molar-refractivity contribution is 7.99. The van der Waals surface area contributed by atoms with Crippen LogP contribution in [0.2, 0.25) is 0 Å². The van der Waals surface area contributed by atoms with Crippen molar-refractivity contribution in [2.24, 2.45) is 0 Å². The number of ether oxygens (including phenoxy) is 1. The molecule has 0 radical (unpaired) electrons. The van der Waals surface area contributed by atoms with Gasteiger partial charge in [0, 0.05) is 37.1 Å². The van der Waals surface area contributed by atoms with Crippen molar-refractivity contribution in [1.82, 2.24) is 19.3 Å². The quantitative estimate of drug-likeness (QED) is 0.483. The Balaban J connectivity index is 1.96. The Bertz CT molecular complexity index is 877. The monoisotopic (exact) mass is 371 g/mol. The van der Waals surface area contributed by atoms with Crippen molar-refractivity contribution in [3.63, 3.8) is 0 Å². The number of methoxy groups -OCH3 is 1. The SMILES string of the molecule is CCSc1nc(-c2ccc(OC)c(NCCN(C)C)c2)cc2nccn12. The molecule has 3 rings (SSSR count). The van der Waals surface area contributed by atoms with E-state index in [1.165, 1.54) is 0 Å². The molecule has 0 unspecified atom stereocenters. The summed E-state index contributed by atoms with van der Waals surface area (Å²) in [5, 5.41) is 4.41. The number of fused-ring (bicyclic) bond motifs is 1. The molecule has 138 valence electrons. The summed E-state index contributed by atoms with van der Waals surface area (Å²) in [6.45, 7) is 3.92. The van der Waals surface area contributed by atoms with E-state index in [1.807, 2.05) is 35.0 Å². The van der Waals surface area contributed by atoms with Crippen LogP contribution in [0.5, 0.6) is 5.75 Å². The van der Waals surface area contributed by atoms with Gasteiger partial charge in [-0.3, -0.25) is 4.40 Å². The van der Waals surface area contributed by atoms with Crippen LogP contribution in [0.25, 0.3) is 16.9 Å². The van der Waals surface area contributed by atoms with Crippen molar-refractivity contribution in [1.29, 1.82) is 0 Å². The first-order valence-corrected chi connectivity index (χ1v) is 9.65. The van der Waals surface area contributed by atoms with Crippen LogP contribution in [-0.4, -0.2) is 59.3 Å². The molecule has 0 fully saturated rings. The number of likely N-dealkylation sites (N-methyl/N-ethyl adjacent to an activating group) is 1. The molecule has 0 aliphatic rings. The van der Waals surface area contributed by atoms with Gasteiger partial charge in [0.2, 0.25) is 0 Å². The molecule has 1 N–H and O–H groups in total. The molecule has 6 nitrogen and oxygen atoms in total. The number of anilines is 1. The third kappa shape index (κ3) is 4.11. The smallest absolute Gasteiger partial charge is 0.174 e. The van der Waals surface area contributed by atoms with Gasteiger partial charge in [0.25, 0.3) is 0 Å². The zero-order chi connectivity index (χ0) is 18.5. The van der Waals surface area contributed by atoms with Gasteiger partial charge in [0.1, 0.15) is 11.4 Å². The topological polar surface area (TPSA) is 54.7 Å². The van der Waals surface area contributed by atoms with Crippen LogP contribution in [0.1, 0.15) is 6.92 Å². The van der Waals surface area contributed by atoms with Gasteiger partial charge in [0.15, 0.2) is 5.16 Å². The van der Waals surface area contributed by atoms with E-state index in [4.69, 9.17) is 9.72 Å². The first-order chi connectivity index (χ1) is 12.6. The fraction of sp³-hybridized carbons (Fsp3) is 0.368. The molecule has 2 heterocycles. The highest BCUT2D eigenvalue weighted by Crippen LogP contribution is 2.31. The lowest BCUT2D eigenvalue weighted by Gasteiger charge is -2.15. The van der Waals surface area contributed by atoms with Crippen LogP contribution < -0.4 is 10.1 Å². The maximum atomic E-state index is 5.50. The molecule has 0 atom stereocenters. The number of aromatic nitrogens is 3. The predicted octanol–water partition coefficient (Wildman–Crippen LogP) is 3.49. The van der Waals surface area contributed by atoms with E-state index >= 15 is 0 Å². The number of hydrogen-bond donors (Lipinski definition) is 1. The molecular weight excluding hydrogens is 346 g/mol. The molecule has 0 saturated carbocycles. The minimum atomic E-state index is 0.831. The van der Waals surface area contributed by atoms with E-state index in [9.17, 15) is 0 Å². The largest absolute Gasteiger partial charge is 0.495 e. The number of imidazole rings is 1. The highest BCUT2D eigenvalue weighted by Gasteiger charge is 2.11. The summed E-state index contributed by atoms with van der Waals surface area (Å²) in [5.74, 6) is 1.79. The minimum absolute atomic E-state index is 0.831. The van der Waals surface area contributed by atoms with Gasteiger partial charge in [-0.25, -0.2) is 9.97 Å². The van der Waals surface area contributed by atoms with Gasteiger partial charge in [-0.15, -0.1) is 0 Å². The van der Waals surface area contributed by atoms with Crippen LogP contribution in [0.15, 0.2) is 41.8 Å². The summed E-state index contributed by atoms with van der Waals surface area (Å²) < 4.78 is 7.52. The van der Waals surface area contributed by atoms with Gasteiger partial charge in [-0.1, -0.05) is 18.7 Å². The summed E-state index contributed by atoms with van der Waals surface area (Å²) in [5.41, 5.74) is 3.84. The lowest BCUT2D eigenvalue weighted by molar-refractivity contribution is 0.413. The third-order valence-electron chi connectivity index (χ3n) is 4.00. The van der Waals surface area contributed by atoms with Gasteiger partial charge in [0.05, 0.1) is 18.5 Å². The third-order valence-corrected chi connectivity index (χ3v) is 4.84. The van der Waals surface area contributed by atoms with E-state index in [0.29, 0.717) is 0 Å². The molecule has 0 aliphatic heterocycles. The summed E-state index contributed by atoms with van der Waals surface area (Å²) in [7, 11) is 5.81. The zero-order valence-electron chi connectivity index (χ0n) is 15.7. The molecule has 0 amide bonds. The number of nitrogens with one attached hydrogen (secondary N) is 1. The number of thioether (sulfide) groups is 1. The van der Waals surface area contributed by atoms with E-state index in [1.54, 1.807) is 18.9 Å². The molecule has 7 heteroatoms. The average Bonchev–Trinajstić information content (AvgIpc) is 3.10. The first kappa shape index (κ1) is 18.5. The zero-order valence-corrected chi connectivity index (χ0v) is 16.5. The summed E-state index contributed by atoms with van der Waals surface area (Å²) in [6.07, 6.45) is 3.76. The normalized spacial score (nSPS) is 11.3. The van der Waals surface area contributed by atoms with E-state index in [2.05, 4.69) is 42.3 Å². The van der Waals surface area contributed by atoms with Crippen molar-refractivity contribution in [2.45, 2.75) is 12.1 Å². The second kappa shape index (κ2) is 8.42. The van der Waals surface area contributed by atoms with Crippen LogP contribution in [-0.2, 0) is 0 Å². The Kier molecular flexibility index (Phi) is 6.00. The Morgan fingerprint density at radius 2 is 2.12 bits per heavy atom. The maximum absolute atomic E-state index is 5.50. The second-order valence-electron chi connectivity index (χ2n) is 6.16. The van der Waals surface area contributed by atoms with Crippen LogP contribution >= 0.6 is 11.8 Å². The predicted molar refractivity (Wildman–Crippen MR) is 108 cm³/mol. The van der Waals surface area contributed by atoms with Gasteiger partial charge < -0.3 is 15.0 Å². The highest BCUT2D eigenvalue weighted by atomic mass is 32.2. The number of nitrogens with zero attached hydrogens (tertiary/aromatic N) is 4. The molecule has 0 aliphatic carbocycles. The van der Waals surface area contributed by atoms with Gasteiger partial charge in [-0.05, 0) is 38.0 Å². The van der Waals surface area contributed by atoms with E-state index in [0.717, 1.165) is 52.3 Å². The standard InChI is InChI=1S/C19H25N5OS/c1-5-26-19-22-15(13-18-21-9-11-24(18)19)14-6-7-17(25-4)16(12-14)20-8-10-23(2)3/h6-7,9,11-13,20H,5,8,10H2,1-4H3. The molecule has 0 saturated heterocycles. The van der Waals surface area contributed by atoms with E-state index < -0.39 is 0 Å². The Labute approximate surface area is 158 Å². The van der Waals surface area contributed by atoms with Crippen molar-refractivity contribution >= 4 is 23.1 Å². The molecule has 3 aromatic rings. The summed E-state index contributed by atoms with van der Waals surface area (Å²) in [6, 6.07) is 8.14. The van der Waals surface area contributed by atoms with Crippen LogP contribution in [0.4, 0.5) is 5.69 Å². The number of benzene rings is 1. The van der Waals surface area contributed by atoms with Crippen molar-refractivity contribution in [3.05, 3.63) is 36.7 Å². The fourth-order valence-electron chi connectivity index (χ4n) is 2.69. The van der Waals surface area contributed by atoms with Gasteiger partial charge >= 0.3 is 0 Å². The molecule has 0 spiro atoms. The molecule has 0 bridgehead atoms. The maximum Gasteiger partial charge on any atom is 0.174 e. The minimum Gasteiger partial charge on any atom is -0.495 e. The molecule has 1 aromatic carbocycles. The second-order valence-corrected chi connectivity index (χ2v) is 7.39. The Morgan fingerprint density at radius 1 is 1.27 bits per heavy atom. The molecule has 2 aromatic heterocycles. The average molecular weight is 372 g/mol. The fourth-order valence-corrected chi connectivity index (χ4v) is 3.41. The summed E-state index contributed by atoms with van der Waals surface area (Å²) in [4.78, 5) is 11.4. The number of hydrogen-bond acceptors (Lipinski definition) is 6. The van der Waals surface area contributed by atoms with Crippen molar-refractivity contribution < 1.29 is 4.74 Å². The summed E-state index contributed by atoms with van der Waals surface area (Å²) >= 11 is 1.71. The first-order valence-electron chi connectivity index (χ1n) is 8.66. The molecular formula is C19H25N5OS. The van der Waals surface area contributed by atoms with Crippen molar-refractivity contribution in [2.75, 3.05) is 45.4 Å². The lowest BCUT2D eigenvalue weighted by Crippen LogP contribution is -2.21. The van der Waals surface area contributed by atoms with Crippen molar-refractivity contribution in [3.8, 4) is 17.0 Å². The van der Waals surface area contributed by atoms with Crippen LogP contribution in [0.3, 0.4) is 0 Å².